The van der Waals surface area contributed by atoms with Crippen LogP contribution in [0.4, 0.5) is 14.6 Å². The van der Waals surface area contributed by atoms with E-state index in [0.29, 0.717) is 0 Å². The number of aryl methyl sites for hydroxylation is 1. The molecule has 0 N–H and O–H groups in total. The van der Waals surface area contributed by atoms with Gasteiger partial charge >= 0.3 is 5.82 Å². The molecule has 1 aromatic heterocycles. The summed E-state index contributed by atoms with van der Waals surface area (Å²) in [6.07, 6.45) is -2.79. The molecule has 0 atom stereocenters. The van der Waals surface area contributed by atoms with Gasteiger partial charge < -0.3 is 10.1 Å². The summed E-state index contributed by atoms with van der Waals surface area (Å²) in [5, 5.41) is 10.5. The van der Waals surface area contributed by atoms with Gasteiger partial charge in [-0.3, -0.25) is 0 Å². The molecule has 0 spiro atoms. The van der Waals surface area contributed by atoms with Crippen molar-refractivity contribution >= 4 is 17.4 Å². The lowest BCUT2D eigenvalue weighted by Gasteiger charge is -2.06. The van der Waals surface area contributed by atoms with E-state index in [9.17, 15) is 18.9 Å². The van der Waals surface area contributed by atoms with E-state index in [1.165, 1.54) is 6.92 Å². The van der Waals surface area contributed by atoms with E-state index in [2.05, 4.69) is 4.98 Å². The number of rotatable bonds is 3. The summed E-state index contributed by atoms with van der Waals surface area (Å²) in [6.45, 7) is 1.41. The Kier molecular flexibility index (Phi) is 3.52. The fourth-order valence-electron chi connectivity index (χ4n) is 1.19. The van der Waals surface area contributed by atoms with Crippen LogP contribution in [0.2, 0.25) is 0 Å². The molecule has 0 amide bonds. The Labute approximate surface area is 89.0 Å². The van der Waals surface area contributed by atoms with E-state index in [4.69, 9.17) is 11.6 Å². The van der Waals surface area contributed by atoms with Crippen molar-refractivity contribution in [3.8, 4) is 0 Å². The maximum atomic E-state index is 12.5. The van der Waals surface area contributed by atoms with Crippen LogP contribution in [0.15, 0.2) is 6.07 Å². The molecule has 1 rings (SSSR count). The smallest absolute Gasteiger partial charge is 0.358 e. The average Bonchev–Trinajstić information content (AvgIpc) is 2.16. The monoisotopic (exact) mass is 236 g/mol. The minimum absolute atomic E-state index is 0.172. The van der Waals surface area contributed by atoms with Gasteiger partial charge in [-0.1, -0.05) is 0 Å². The van der Waals surface area contributed by atoms with E-state index in [1.54, 1.807) is 0 Å². The molecule has 0 aliphatic heterocycles. The van der Waals surface area contributed by atoms with E-state index in [-0.39, 0.29) is 17.1 Å². The maximum Gasteiger partial charge on any atom is 0.368 e. The minimum atomic E-state index is -2.79. The normalized spacial score (nSPS) is 10.7. The first-order valence-corrected chi connectivity index (χ1v) is 4.49. The quantitative estimate of drug-likeness (QED) is 0.461. The van der Waals surface area contributed by atoms with Crippen molar-refractivity contribution in [1.29, 1.82) is 0 Å². The lowest BCUT2D eigenvalue weighted by atomic mass is 10.1. The van der Waals surface area contributed by atoms with Crippen LogP contribution < -0.4 is 0 Å². The Morgan fingerprint density at radius 3 is 2.67 bits per heavy atom. The number of hydrogen-bond acceptors (Lipinski definition) is 3. The second kappa shape index (κ2) is 4.48. The molecule has 0 aliphatic rings. The summed E-state index contributed by atoms with van der Waals surface area (Å²) in [4.78, 5) is 13.3. The van der Waals surface area contributed by atoms with Gasteiger partial charge in [-0.15, -0.1) is 11.6 Å². The molecule has 0 saturated carbocycles. The van der Waals surface area contributed by atoms with Gasteiger partial charge in [0.15, 0.2) is 5.69 Å². The van der Waals surface area contributed by atoms with Gasteiger partial charge in [-0.2, -0.15) is 0 Å². The van der Waals surface area contributed by atoms with E-state index in [1.807, 2.05) is 0 Å². The van der Waals surface area contributed by atoms with Crippen molar-refractivity contribution in [2.24, 2.45) is 0 Å². The Bertz CT molecular complexity index is 398. The van der Waals surface area contributed by atoms with Crippen LogP contribution in [0.3, 0.4) is 0 Å². The van der Waals surface area contributed by atoms with Crippen molar-refractivity contribution in [3.63, 3.8) is 0 Å². The van der Waals surface area contributed by atoms with Crippen molar-refractivity contribution in [2.75, 3.05) is 0 Å². The van der Waals surface area contributed by atoms with Gasteiger partial charge in [0.25, 0.3) is 6.43 Å². The first-order valence-electron chi connectivity index (χ1n) is 3.96. The first-order chi connectivity index (χ1) is 6.97. The number of nitro groups is 1. The summed E-state index contributed by atoms with van der Waals surface area (Å²) in [6, 6.07) is 1.11. The molecular weight excluding hydrogens is 230 g/mol. The molecule has 0 aliphatic carbocycles. The molecule has 0 radical (unpaired) electrons. The van der Waals surface area contributed by atoms with Crippen molar-refractivity contribution in [1.82, 2.24) is 4.98 Å². The van der Waals surface area contributed by atoms with Crippen LogP contribution in [-0.4, -0.2) is 9.91 Å². The molecule has 7 heteroatoms. The van der Waals surface area contributed by atoms with Crippen LogP contribution >= 0.6 is 11.6 Å². The molecule has 0 unspecified atom stereocenters. The van der Waals surface area contributed by atoms with Gasteiger partial charge in [0.2, 0.25) is 0 Å². The average molecular weight is 237 g/mol. The predicted octanol–water partition coefficient (Wildman–Crippen LogP) is 2.97. The SMILES string of the molecule is Cc1cc(C(F)F)c(CCl)c([N+](=O)[O-])n1. The summed E-state index contributed by atoms with van der Waals surface area (Å²) >= 11 is 5.40. The largest absolute Gasteiger partial charge is 0.368 e. The third-order valence-corrected chi connectivity index (χ3v) is 2.07. The number of aromatic nitrogens is 1. The molecule has 0 bridgehead atoms. The van der Waals surface area contributed by atoms with E-state index in [0.717, 1.165) is 6.07 Å². The predicted molar refractivity (Wildman–Crippen MR) is 50.1 cm³/mol. The van der Waals surface area contributed by atoms with Crippen molar-refractivity contribution in [3.05, 3.63) is 33.0 Å². The molecule has 1 heterocycles. The fourth-order valence-corrected chi connectivity index (χ4v) is 1.46. The van der Waals surface area contributed by atoms with E-state index >= 15 is 0 Å². The molecular formula is C8H7ClF2N2O2. The molecule has 0 aromatic carbocycles. The van der Waals surface area contributed by atoms with Crippen LogP contribution in [0.25, 0.3) is 0 Å². The number of nitrogens with zero attached hydrogens (tertiary/aromatic N) is 2. The fraction of sp³-hybridized carbons (Fsp3) is 0.375. The standard InChI is InChI=1S/C8H7ClF2N2O2/c1-4-2-5(7(10)11)6(3-9)8(12-4)13(14)15/h2,7H,3H2,1H3. The van der Waals surface area contributed by atoms with Crippen LogP contribution in [0.1, 0.15) is 23.2 Å². The molecule has 82 valence electrons. The number of halogens is 3. The summed E-state index contributed by atoms with van der Waals surface area (Å²) in [5.41, 5.74) is -0.475. The Balaban J connectivity index is 3.45. The first kappa shape index (κ1) is 11.8. The van der Waals surface area contributed by atoms with Gasteiger partial charge in [-0.25, -0.2) is 8.78 Å². The second-order valence-corrected chi connectivity index (χ2v) is 3.11. The number of alkyl halides is 3. The molecule has 0 saturated heterocycles. The zero-order valence-electron chi connectivity index (χ0n) is 7.71. The van der Waals surface area contributed by atoms with Gasteiger partial charge in [0.05, 0.1) is 11.4 Å². The Morgan fingerprint density at radius 1 is 1.67 bits per heavy atom. The van der Waals surface area contributed by atoms with Crippen molar-refractivity contribution < 1.29 is 13.7 Å². The van der Waals surface area contributed by atoms with Crippen LogP contribution in [0, 0.1) is 17.0 Å². The van der Waals surface area contributed by atoms with Gasteiger partial charge in [0, 0.05) is 12.5 Å². The zero-order valence-corrected chi connectivity index (χ0v) is 8.46. The third kappa shape index (κ3) is 2.38. The topological polar surface area (TPSA) is 56.0 Å². The maximum absolute atomic E-state index is 12.5. The molecule has 4 nitrogen and oxygen atoms in total. The summed E-state index contributed by atoms with van der Waals surface area (Å²) in [5.74, 6) is -0.955. The second-order valence-electron chi connectivity index (χ2n) is 2.85. The number of pyridine rings is 1. The Hall–Kier alpha value is -1.30. The molecule has 0 fully saturated rings. The third-order valence-electron chi connectivity index (χ3n) is 1.81. The van der Waals surface area contributed by atoms with E-state index < -0.39 is 22.7 Å². The minimum Gasteiger partial charge on any atom is -0.358 e. The highest BCUT2D eigenvalue weighted by Gasteiger charge is 2.24. The lowest BCUT2D eigenvalue weighted by Crippen LogP contribution is -2.03. The zero-order chi connectivity index (χ0) is 11.6. The lowest BCUT2D eigenvalue weighted by molar-refractivity contribution is -0.390. The van der Waals surface area contributed by atoms with Crippen LogP contribution in [-0.2, 0) is 5.88 Å². The highest BCUT2D eigenvalue weighted by Crippen LogP contribution is 2.30. The van der Waals surface area contributed by atoms with Crippen molar-refractivity contribution in [2.45, 2.75) is 19.2 Å². The molecule has 15 heavy (non-hydrogen) atoms. The Morgan fingerprint density at radius 2 is 2.27 bits per heavy atom. The summed E-state index contributed by atoms with van der Waals surface area (Å²) < 4.78 is 25.1. The molecule has 1 aromatic rings. The highest BCUT2D eigenvalue weighted by molar-refractivity contribution is 6.17. The van der Waals surface area contributed by atoms with Gasteiger partial charge in [0.1, 0.15) is 0 Å². The highest BCUT2D eigenvalue weighted by atomic mass is 35.5. The number of hydrogen-bond donors (Lipinski definition) is 0. The van der Waals surface area contributed by atoms with Crippen LogP contribution in [0.5, 0.6) is 0 Å². The van der Waals surface area contributed by atoms with Gasteiger partial charge in [-0.05, 0) is 16.0 Å². The summed E-state index contributed by atoms with van der Waals surface area (Å²) in [7, 11) is 0.